The molecular formula is C24H15Cl2NO4. The van der Waals surface area contributed by atoms with Gasteiger partial charge >= 0.3 is 11.9 Å². The second-order valence-corrected chi connectivity index (χ2v) is 7.48. The Morgan fingerprint density at radius 2 is 1.74 bits per heavy atom. The highest BCUT2D eigenvalue weighted by Crippen LogP contribution is 2.27. The normalized spacial score (nSPS) is 14.3. The van der Waals surface area contributed by atoms with Crippen molar-refractivity contribution in [2.24, 2.45) is 4.99 Å². The molecule has 0 amide bonds. The van der Waals surface area contributed by atoms with Gasteiger partial charge in [0.15, 0.2) is 5.70 Å². The van der Waals surface area contributed by atoms with Crippen molar-refractivity contribution >= 4 is 47.1 Å². The van der Waals surface area contributed by atoms with Gasteiger partial charge in [0.25, 0.3) is 0 Å². The molecule has 0 fully saturated rings. The number of ether oxygens (including phenoxy) is 2. The van der Waals surface area contributed by atoms with Gasteiger partial charge < -0.3 is 9.47 Å². The number of cyclic esters (lactones) is 1. The fourth-order valence-corrected chi connectivity index (χ4v) is 3.43. The van der Waals surface area contributed by atoms with E-state index in [-0.39, 0.29) is 22.0 Å². The topological polar surface area (TPSA) is 65.0 Å². The van der Waals surface area contributed by atoms with Crippen LogP contribution in [-0.4, -0.2) is 17.8 Å². The molecule has 0 saturated carbocycles. The van der Waals surface area contributed by atoms with Gasteiger partial charge in [-0.15, -0.1) is 0 Å². The Hall–Kier alpha value is -3.41. The highest BCUT2D eigenvalue weighted by Gasteiger charge is 2.24. The summed E-state index contributed by atoms with van der Waals surface area (Å²) in [6.45, 7) is 0. The van der Waals surface area contributed by atoms with Crippen LogP contribution in [0.2, 0.25) is 10.0 Å². The van der Waals surface area contributed by atoms with E-state index in [1.165, 1.54) is 18.2 Å². The van der Waals surface area contributed by atoms with E-state index in [1.807, 2.05) is 30.3 Å². The Morgan fingerprint density at radius 3 is 2.52 bits per heavy atom. The number of halogens is 2. The molecule has 0 spiro atoms. The molecule has 3 aromatic carbocycles. The van der Waals surface area contributed by atoms with E-state index in [0.29, 0.717) is 22.9 Å². The maximum Gasteiger partial charge on any atom is 0.363 e. The largest absolute Gasteiger partial charge is 0.422 e. The molecule has 3 aromatic rings. The number of esters is 2. The van der Waals surface area contributed by atoms with Gasteiger partial charge in [0.1, 0.15) is 5.75 Å². The molecule has 1 heterocycles. The van der Waals surface area contributed by atoms with E-state index >= 15 is 0 Å². The van der Waals surface area contributed by atoms with Gasteiger partial charge in [0, 0.05) is 17.0 Å². The van der Waals surface area contributed by atoms with E-state index in [2.05, 4.69) is 4.99 Å². The first-order chi connectivity index (χ1) is 15.0. The highest BCUT2D eigenvalue weighted by molar-refractivity contribution is 6.36. The van der Waals surface area contributed by atoms with Crippen LogP contribution in [0.25, 0.3) is 6.08 Å². The zero-order chi connectivity index (χ0) is 21.8. The zero-order valence-electron chi connectivity index (χ0n) is 16.0. The van der Waals surface area contributed by atoms with Crippen LogP contribution in [0.4, 0.5) is 0 Å². The van der Waals surface area contributed by atoms with Gasteiger partial charge in [-0.25, -0.2) is 14.6 Å². The average molecular weight is 452 g/mol. The molecule has 31 heavy (non-hydrogen) atoms. The summed E-state index contributed by atoms with van der Waals surface area (Å²) in [5.41, 5.74) is 1.78. The van der Waals surface area contributed by atoms with Crippen LogP contribution in [-0.2, 0) is 16.0 Å². The smallest absolute Gasteiger partial charge is 0.363 e. The van der Waals surface area contributed by atoms with Crippen LogP contribution in [0.15, 0.2) is 83.5 Å². The maximum atomic E-state index is 12.6. The summed E-state index contributed by atoms with van der Waals surface area (Å²) in [6, 6.07) is 20.9. The van der Waals surface area contributed by atoms with Gasteiger partial charge in [0.2, 0.25) is 5.90 Å². The van der Waals surface area contributed by atoms with E-state index in [9.17, 15) is 9.59 Å². The highest BCUT2D eigenvalue weighted by atomic mass is 35.5. The summed E-state index contributed by atoms with van der Waals surface area (Å²) in [5, 5.41) is 0.596. The first-order valence-electron chi connectivity index (χ1n) is 9.31. The fourth-order valence-electron chi connectivity index (χ4n) is 2.95. The number of aliphatic imine (C=N–C) groups is 1. The van der Waals surface area contributed by atoms with Gasteiger partial charge in [0.05, 0.1) is 10.6 Å². The van der Waals surface area contributed by atoms with Crippen LogP contribution < -0.4 is 4.74 Å². The molecule has 0 unspecified atom stereocenters. The lowest BCUT2D eigenvalue weighted by Crippen LogP contribution is -2.10. The van der Waals surface area contributed by atoms with Crippen molar-refractivity contribution in [3.8, 4) is 5.75 Å². The Bertz CT molecular complexity index is 1220. The molecule has 0 aliphatic carbocycles. The molecule has 154 valence electrons. The van der Waals surface area contributed by atoms with Gasteiger partial charge in [-0.2, -0.15) is 0 Å². The van der Waals surface area contributed by atoms with E-state index in [4.69, 9.17) is 32.7 Å². The number of carbonyl (C=O) groups excluding carboxylic acids is 2. The van der Waals surface area contributed by atoms with Crippen molar-refractivity contribution in [2.75, 3.05) is 0 Å². The van der Waals surface area contributed by atoms with Crippen molar-refractivity contribution in [1.29, 1.82) is 0 Å². The molecule has 0 atom stereocenters. The minimum Gasteiger partial charge on any atom is -0.422 e. The first-order valence-corrected chi connectivity index (χ1v) is 10.1. The Morgan fingerprint density at radius 1 is 1.00 bits per heavy atom. The van der Waals surface area contributed by atoms with Crippen LogP contribution in [0.5, 0.6) is 5.75 Å². The van der Waals surface area contributed by atoms with E-state index in [1.54, 1.807) is 30.3 Å². The summed E-state index contributed by atoms with van der Waals surface area (Å²) in [6.07, 6.45) is 1.92. The summed E-state index contributed by atoms with van der Waals surface area (Å²) in [4.78, 5) is 29.1. The summed E-state index contributed by atoms with van der Waals surface area (Å²) in [5.74, 6) is -0.641. The SMILES string of the molecule is O=C1OC(Cc2ccccc2)=N/C1=C/c1ccccc1OC(=O)c1ccc(Cl)cc1Cl. The van der Waals surface area contributed by atoms with Gasteiger partial charge in [-0.3, -0.25) is 0 Å². The maximum absolute atomic E-state index is 12.6. The molecule has 0 bridgehead atoms. The van der Waals surface area contributed by atoms with Crippen molar-refractivity contribution in [2.45, 2.75) is 6.42 Å². The predicted molar refractivity (Wildman–Crippen MR) is 120 cm³/mol. The molecular weight excluding hydrogens is 437 g/mol. The lowest BCUT2D eigenvalue weighted by molar-refractivity contribution is -0.130. The quantitative estimate of drug-likeness (QED) is 0.281. The van der Waals surface area contributed by atoms with Crippen molar-refractivity contribution in [1.82, 2.24) is 0 Å². The van der Waals surface area contributed by atoms with Crippen molar-refractivity contribution < 1.29 is 19.1 Å². The number of hydrogen-bond acceptors (Lipinski definition) is 5. The lowest BCUT2D eigenvalue weighted by Gasteiger charge is -2.09. The monoisotopic (exact) mass is 451 g/mol. The van der Waals surface area contributed by atoms with Crippen LogP contribution in [0.3, 0.4) is 0 Å². The molecule has 7 heteroatoms. The minimum atomic E-state index is -0.644. The Balaban J connectivity index is 1.57. The van der Waals surface area contributed by atoms with E-state index in [0.717, 1.165) is 5.56 Å². The third-order valence-electron chi connectivity index (χ3n) is 4.43. The molecule has 1 aliphatic heterocycles. The summed E-state index contributed by atoms with van der Waals surface area (Å²) in [7, 11) is 0. The number of nitrogens with zero attached hydrogens (tertiary/aromatic N) is 1. The average Bonchev–Trinajstić information content (AvgIpc) is 3.08. The van der Waals surface area contributed by atoms with Crippen LogP contribution in [0.1, 0.15) is 21.5 Å². The second kappa shape index (κ2) is 9.16. The lowest BCUT2D eigenvalue weighted by atomic mass is 10.1. The van der Waals surface area contributed by atoms with Gasteiger partial charge in [-0.05, 0) is 35.9 Å². The van der Waals surface area contributed by atoms with Crippen molar-refractivity contribution in [3.05, 3.63) is 105 Å². The first kappa shape index (κ1) is 20.8. The fraction of sp³-hybridized carbons (Fsp3) is 0.0417. The number of hydrogen-bond donors (Lipinski definition) is 0. The van der Waals surface area contributed by atoms with E-state index < -0.39 is 11.9 Å². The zero-order valence-corrected chi connectivity index (χ0v) is 17.6. The third kappa shape index (κ3) is 5.02. The number of carbonyl (C=O) groups is 2. The summed E-state index contributed by atoms with van der Waals surface area (Å²) < 4.78 is 10.8. The molecule has 0 N–H and O–H groups in total. The number of benzene rings is 3. The molecule has 0 saturated heterocycles. The van der Waals surface area contributed by atoms with Gasteiger partial charge in [-0.1, -0.05) is 71.7 Å². The molecule has 0 aromatic heterocycles. The van der Waals surface area contributed by atoms with Crippen LogP contribution >= 0.6 is 23.2 Å². The number of para-hydroxylation sites is 1. The minimum absolute atomic E-state index is 0.124. The standard InChI is InChI=1S/C24H15Cl2NO4/c25-17-10-11-18(19(26)14-17)23(28)30-21-9-5-4-8-16(21)13-20-24(29)31-22(27-20)12-15-6-2-1-3-7-15/h1-11,13-14H,12H2/b20-13+. The Kier molecular flexibility index (Phi) is 6.16. The predicted octanol–water partition coefficient (Wildman–Crippen LogP) is 5.75. The molecule has 0 radical (unpaired) electrons. The van der Waals surface area contributed by atoms with Crippen LogP contribution in [0, 0.1) is 0 Å². The second-order valence-electron chi connectivity index (χ2n) is 6.64. The third-order valence-corrected chi connectivity index (χ3v) is 4.98. The number of rotatable bonds is 5. The molecule has 4 rings (SSSR count). The summed E-state index contributed by atoms with van der Waals surface area (Å²) >= 11 is 12.0. The Labute approximate surface area is 188 Å². The molecule has 5 nitrogen and oxygen atoms in total. The van der Waals surface area contributed by atoms with Crippen molar-refractivity contribution in [3.63, 3.8) is 0 Å². The molecule has 1 aliphatic rings.